The van der Waals surface area contributed by atoms with Gasteiger partial charge in [0.2, 0.25) is 0 Å². The number of para-hydroxylation sites is 2. The van der Waals surface area contributed by atoms with Crippen LogP contribution in [0.15, 0.2) is 97.1 Å². The van der Waals surface area contributed by atoms with Gasteiger partial charge in [-0.2, -0.15) is 0 Å². The Kier molecular flexibility index (Phi) is 7.59. The lowest BCUT2D eigenvalue weighted by Crippen LogP contribution is -2.41. The molecule has 0 heterocycles. The van der Waals surface area contributed by atoms with Crippen LogP contribution in [0.1, 0.15) is 71.9 Å². The highest BCUT2D eigenvalue weighted by Gasteiger charge is 2.45. The van der Waals surface area contributed by atoms with E-state index in [0.717, 1.165) is 19.3 Å². The van der Waals surface area contributed by atoms with E-state index in [1.807, 2.05) is 24.3 Å². The van der Waals surface area contributed by atoms with Gasteiger partial charge < -0.3 is 19.7 Å². The van der Waals surface area contributed by atoms with Gasteiger partial charge in [0.05, 0.1) is 0 Å². The van der Waals surface area contributed by atoms with Crippen LogP contribution in [-0.2, 0) is 5.41 Å². The molecule has 0 bridgehead atoms. The molecule has 210 valence electrons. The Balaban J connectivity index is 1.48. The Morgan fingerprint density at radius 2 is 1.07 bits per heavy atom. The van der Waals surface area contributed by atoms with Gasteiger partial charge >= 0.3 is 11.9 Å². The molecule has 5 rings (SSSR count). The zero-order valence-electron chi connectivity index (χ0n) is 23.5. The number of hydrogen-bond acceptors (Lipinski definition) is 4. The number of carbonyl (C=O) groups is 2. The second kappa shape index (κ2) is 11.1. The van der Waals surface area contributed by atoms with Gasteiger partial charge in [-0.15, -0.1) is 0 Å². The monoisotopic (exact) mass is 550 g/mol. The van der Waals surface area contributed by atoms with Crippen molar-refractivity contribution >= 4 is 11.9 Å². The molecule has 0 aliphatic heterocycles. The van der Waals surface area contributed by atoms with E-state index in [4.69, 9.17) is 9.47 Å². The minimum atomic E-state index is -1.03. The lowest BCUT2D eigenvalue weighted by molar-refractivity contribution is 0.0683. The van der Waals surface area contributed by atoms with Crippen molar-refractivity contribution in [3.63, 3.8) is 0 Å². The maximum absolute atomic E-state index is 11.6. The van der Waals surface area contributed by atoms with Gasteiger partial charge in [0, 0.05) is 5.41 Å². The van der Waals surface area contributed by atoms with Crippen LogP contribution >= 0.6 is 0 Å². The first-order valence-electron chi connectivity index (χ1n) is 13.8. The smallest absolute Gasteiger partial charge is 0.339 e. The molecule has 1 fully saturated rings. The first-order valence-corrected chi connectivity index (χ1v) is 13.8. The van der Waals surface area contributed by atoms with Crippen molar-refractivity contribution in [2.45, 2.75) is 45.4 Å². The molecule has 1 saturated carbocycles. The van der Waals surface area contributed by atoms with Gasteiger partial charge in [0.25, 0.3) is 0 Å². The van der Waals surface area contributed by atoms with Crippen molar-refractivity contribution in [1.29, 1.82) is 0 Å². The van der Waals surface area contributed by atoms with E-state index in [9.17, 15) is 19.8 Å². The van der Waals surface area contributed by atoms with Crippen molar-refractivity contribution in [1.82, 2.24) is 0 Å². The minimum absolute atomic E-state index is 0.114. The summed E-state index contributed by atoms with van der Waals surface area (Å²) in [6, 6.07) is 29.2. The Hall–Kier alpha value is -4.58. The van der Waals surface area contributed by atoms with E-state index in [0.29, 0.717) is 28.9 Å². The van der Waals surface area contributed by atoms with Crippen LogP contribution in [0, 0.1) is 11.3 Å². The standard InChI is InChI=1S/C35H34O6/c1-23-20-34(2,3)22-35(21-23,24-12-16-26(17-13-24)40-30-10-6-4-8-28(30)32(36)37)25-14-18-27(19-15-25)41-31-11-7-5-9-29(31)33(38)39/h4-19,23H,20-22H2,1-3H3,(H,36,37)(H,38,39). The summed E-state index contributed by atoms with van der Waals surface area (Å²) in [5.41, 5.74) is 2.43. The largest absolute Gasteiger partial charge is 0.478 e. The van der Waals surface area contributed by atoms with Crippen LogP contribution in [-0.4, -0.2) is 22.2 Å². The van der Waals surface area contributed by atoms with E-state index < -0.39 is 11.9 Å². The number of rotatable bonds is 8. The summed E-state index contributed by atoms with van der Waals surface area (Å²) in [4.78, 5) is 23.2. The summed E-state index contributed by atoms with van der Waals surface area (Å²) in [7, 11) is 0. The predicted molar refractivity (Wildman–Crippen MR) is 157 cm³/mol. The summed E-state index contributed by atoms with van der Waals surface area (Å²) in [6.07, 6.45) is 3.06. The lowest BCUT2D eigenvalue weighted by Gasteiger charge is -2.48. The van der Waals surface area contributed by atoms with Crippen LogP contribution in [0.5, 0.6) is 23.0 Å². The van der Waals surface area contributed by atoms with Gasteiger partial charge in [-0.25, -0.2) is 9.59 Å². The number of carboxylic acids is 2. The van der Waals surface area contributed by atoms with E-state index in [1.165, 1.54) is 23.3 Å². The first kappa shape index (κ1) is 28.0. The van der Waals surface area contributed by atoms with E-state index in [2.05, 4.69) is 45.0 Å². The quantitative estimate of drug-likeness (QED) is 0.228. The van der Waals surface area contributed by atoms with Gasteiger partial charge in [0.1, 0.15) is 34.1 Å². The van der Waals surface area contributed by atoms with E-state index in [-0.39, 0.29) is 22.0 Å². The highest BCUT2D eigenvalue weighted by atomic mass is 16.5. The Morgan fingerprint density at radius 3 is 1.46 bits per heavy atom. The molecule has 0 spiro atoms. The molecule has 6 heteroatoms. The molecule has 4 aromatic carbocycles. The van der Waals surface area contributed by atoms with Crippen molar-refractivity contribution < 1.29 is 29.3 Å². The molecule has 1 aliphatic carbocycles. The van der Waals surface area contributed by atoms with Crippen molar-refractivity contribution in [2.24, 2.45) is 11.3 Å². The second-order valence-electron chi connectivity index (χ2n) is 11.8. The van der Waals surface area contributed by atoms with Crippen LogP contribution < -0.4 is 9.47 Å². The lowest BCUT2D eigenvalue weighted by atomic mass is 9.55. The number of carboxylic acid groups (broad SMARTS) is 2. The maximum Gasteiger partial charge on any atom is 0.339 e. The third-order valence-corrected chi connectivity index (χ3v) is 7.88. The second-order valence-corrected chi connectivity index (χ2v) is 11.8. The molecule has 0 saturated heterocycles. The molecule has 0 aromatic heterocycles. The van der Waals surface area contributed by atoms with E-state index in [1.54, 1.807) is 36.4 Å². The average Bonchev–Trinajstić information content (AvgIpc) is 2.93. The first-order chi connectivity index (χ1) is 19.6. The summed E-state index contributed by atoms with van der Waals surface area (Å²) < 4.78 is 11.9. The number of aromatic carboxylic acids is 2. The number of benzene rings is 4. The predicted octanol–water partition coefficient (Wildman–Crippen LogP) is 8.80. The van der Waals surface area contributed by atoms with E-state index >= 15 is 0 Å². The van der Waals surface area contributed by atoms with Crippen molar-refractivity contribution in [3.05, 3.63) is 119 Å². The van der Waals surface area contributed by atoms with Crippen molar-refractivity contribution in [2.75, 3.05) is 0 Å². The third kappa shape index (κ3) is 5.97. The molecular formula is C35H34O6. The third-order valence-electron chi connectivity index (χ3n) is 7.88. The SMILES string of the molecule is CC1CC(C)(C)CC(c2ccc(Oc3ccccc3C(=O)O)cc2)(c2ccc(Oc3ccccc3C(=O)O)cc2)C1. The molecule has 2 N–H and O–H groups in total. The minimum Gasteiger partial charge on any atom is -0.478 e. The Morgan fingerprint density at radius 1 is 0.659 bits per heavy atom. The molecule has 6 nitrogen and oxygen atoms in total. The number of ether oxygens (including phenoxy) is 2. The molecule has 41 heavy (non-hydrogen) atoms. The Labute approximate surface area is 240 Å². The van der Waals surface area contributed by atoms with Crippen molar-refractivity contribution in [3.8, 4) is 23.0 Å². The highest BCUT2D eigenvalue weighted by molar-refractivity contribution is 5.91. The fourth-order valence-electron chi connectivity index (χ4n) is 6.58. The fraction of sp³-hybridized carbons (Fsp3) is 0.257. The molecular weight excluding hydrogens is 516 g/mol. The molecule has 4 aromatic rings. The van der Waals surface area contributed by atoms with Gasteiger partial charge in [-0.3, -0.25) is 0 Å². The molecule has 1 unspecified atom stereocenters. The normalized spacial score (nSPS) is 17.4. The van der Waals surface area contributed by atoms with Crippen LogP contribution in [0.3, 0.4) is 0 Å². The summed E-state index contributed by atoms with van der Waals surface area (Å²) in [6.45, 7) is 6.94. The molecule has 1 aliphatic rings. The van der Waals surface area contributed by atoms with Crippen LogP contribution in [0.25, 0.3) is 0 Å². The highest BCUT2D eigenvalue weighted by Crippen LogP contribution is 2.54. The summed E-state index contributed by atoms with van der Waals surface area (Å²) in [5, 5.41) is 19.0. The topological polar surface area (TPSA) is 93.1 Å². The molecule has 0 radical (unpaired) electrons. The zero-order chi connectivity index (χ0) is 29.2. The summed E-state index contributed by atoms with van der Waals surface area (Å²) in [5.74, 6) is 0.172. The van der Waals surface area contributed by atoms with Gasteiger partial charge in [-0.1, -0.05) is 69.3 Å². The summed E-state index contributed by atoms with van der Waals surface area (Å²) >= 11 is 0. The van der Waals surface area contributed by atoms with Crippen LogP contribution in [0.2, 0.25) is 0 Å². The molecule has 1 atom stereocenters. The molecule has 0 amide bonds. The number of hydrogen-bond donors (Lipinski definition) is 2. The van der Waals surface area contributed by atoms with Gasteiger partial charge in [0.15, 0.2) is 0 Å². The Bertz CT molecular complexity index is 1450. The van der Waals surface area contributed by atoms with Gasteiger partial charge in [-0.05, 0) is 90.3 Å². The fourth-order valence-corrected chi connectivity index (χ4v) is 6.58. The zero-order valence-corrected chi connectivity index (χ0v) is 23.5. The average molecular weight is 551 g/mol. The maximum atomic E-state index is 11.6. The van der Waals surface area contributed by atoms with Crippen LogP contribution in [0.4, 0.5) is 0 Å².